The Labute approximate surface area is 458 Å². The van der Waals surface area contributed by atoms with Crippen molar-refractivity contribution in [2.45, 2.75) is 44.6 Å². The van der Waals surface area contributed by atoms with Crippen molar-refractivity contribution in [1.29, 1.82) is 0 Å². The minimum atomic E-state index is -4.56. The number of nitrogens with zero attached hydrogens (tertiary/aromatic N) is 5. The minimum Gasteiger partial charge on any atom is -0.454 e. The molecule has 23 heteroatoms. The number of aromatic nitrogens is 2. The summed E-state index contributed by atoms with van der Waals surface area (Å²) in [6.45, 7) is 6.33. The molecule has 1 N–H and O–H groups in total. The van der Waals surface area contributed by atoms with Crippen molar-refractivity contribution in [2.24, 2.45) is 10.8 Å². The Morgan fingerprint density at radius 2 is 1.03 bits per heavy atom. The number of likely N-dealkylation sites (tertiary alicyclic amines) is 3. The minimum absolute atomic E-state index is 0.0802. The molecule has 6 aromatic rings. The smallest absolute Gasteiger partial charge is 0.418 e. The molecule has 13 nitrogen and oxygen atoms in total. The first-order valence-corrected chi connectivity index (χ1v) is 25.5. The Bertz CT molecular complexity index is 3020. The molecule has 0 unspecified atom stereocenters. The number of carbonyl (C=O) groups excluding carboxylic acids is 3. The number of amides is 2. The van der Waals surface area contributed by atoms with Crippen LogP contribution in [0.25, 0.3) is 0 Å². The quantitative estimate of drug-likeness (QED) is 0.109. The number of hydrogen-bond donors (Lipinski definition) is 1. The zero-order valence-electron chi connectivity index (χ0n) is 40.7. The van der Waals surface area contributed by atoms with Gasteiger partial charge in [-0.1, -0.05) is 88.9 Å². The number of para-hydroxylation sites is 2. The Morgan fingerprint density at radius 3 is 1.45 bits per heavy atom. The SMILES string of the molecule is O=C(Oc1cncc(C(F)(F)F)c1)N1CCC2(CC1)CN(Cc1ccc(Cl)c(Oc3ccccc3)c1Cl)C2.O=C(Oc1cncc(C(F)(F)F)c1)N1CCC2(CC1)CNC2.O=Cc1ccc(Cl)c(Oc2ccccc2)c1Cl. The number of rotatable bonds is 9. The highest BCUT2D eigenvalue weighted by Gasteiger charge is 2.46. The Balaban J connectivity index is 0.000000169. The third-order valence-electron chi connectivity index (χ3n) is 13.4. The van der Waals surface area contributed by atoms with Crippen LogP contribution in [-0.4, -0.2) is 95.5 Å². The van der Waals surface area contributed by atoms with E-state index in [9.17, 15) is 40.7 Å². The van der Waals surface area contributed by atoms with E-state index in [-0.39, 0.29) is 27.4 Å². The van der Waals surface area contributed by atoms with E-state index in [0.29, 0.717) is 95.0 Å². The standard InChI is InChI=1S/C27H24Cl2F3N3O3.C14H16F3N3O2.C13H8Cl2O2/c28-22-7-6-18(23(29)24(22)37-20-4-2-1-3-5-20)15-34-16-26(17-34)8-10-35(11-9-26)25(36)38-21-12-19(13-33-14-21)27(30,31)32;15-14(16,17)10-5-11(7-18-6-10)22-12(21)20-3-1-13(2-4-20)8-19-9-13;14-11-7-6-9(8-16)12(15)13(11)17-10-4-2-1-3-5-10/h1-7,12-14H,8-11,15-17H2;5-7,19H,1-4,8-9H2;1-8H. The van der Waals surface area contributed by atoms with Crippen LogP contribution in [0.4, 0.5) is 35.9 Å². The largest absolute Gasteiger partial charge is 0.454 e. The van der Waals surface area contributed by atoms with Crippen LogP contribution in [0, 0.1) is 10.8 Å². The molecular formula is C54H48Cl4F6N6O7. The van der Waals surface area contributed by atoms with Gasteiger partial charge in [0.15, 0.2) is 29.3 Å². The molecule has 406 valence electrons. The van der Waals surface area contributed by atoms with Gasteiger partial charge in [0.25, 0.3) is 0 Å². The molecule has 4 aromatic carbocycles. The zero-order valence-corrected chi connectivity index (χ0v) is 43.7. The summed E-state index contributed by atoms with van der Waals surface area (Å²) in [5.74, 6) is 1.56. The molecule has 0 aliphatic carbocycles. The van der Waals surface area contributed by atoms with E-state index in [1.54, 1.807) is 30.3 Å². The first-order chi connectivity index (χ1) is 36.7. The number of nitrogens with one attached hydrogen (secondary N) is 1. The van der Waals surface area contributed by atoms with Gasteiger partial charge in [0, 0.05) is 76.9 Å². The van der Waals surface area contributed by atoms with Crippen LogP contribution in [-0.2, 0) is 18.9 Å². The first kappa shape index (κ1) is 56.8. The highest BCUT2D eigenvalue weighted by atomic mass is 35.5. The van der Waals surface area contributed by atoms with Crippen LogP contribution in [0.5, 0.6) is 34.5 Å². The van der Waals surface area contributed by atoms with Gasteiger partial charge >= 0.3 is 24.5 Å². The van der Waals surface area contributed by atoms with Gasteiger partial charge in [-0.15, -0.1) is 0 Å². The van der Waals surface area contributed by atoms with E-state index in [1.165, 1.54) is 9.80 Å². The second-order valence-electron chi connectivity index (χ2n) is 18.9. The van der Waals surface area contributed by atoms with Gasteiger partial charge < -0.3 is 34.1 Å². The number of pyridine rings is 2. The van der Waals surface area contributed by atoms with Crippen LogP contribution in [0.3, 0.4) is 0 Å². The Hall–Kier alpha value is -6.35. The number of benzene rings is 4. The van der Waals surface area contributed by atoms with Crippen LogP contribution >= 0.6 is 46.4 Å². The summed E-state index contributed by atoms with van der Waals surface area (Å²) in [5, 5.41) is 4.72. The monoisotopic (exact) mass is 1150 g/mol. The lowest BCUT2D eigenvalue weighted by atomic mass is 9.72. The van der Waals surface area contributed by atoms with E-state index in [1.807, 2.05) is 54.6 Å². The fourth-order valence-corrected chi connectivity index (χ4v) is 10.1. The molecule has 4 fully saturated rings. The summed E-state index contributed by atoms with van der Waals surface area (Å²) in [5.41, 5.74) is -0.272. The van der Waals surface area contributed by atoms with Gasteiger partial charge in [0.2, 0.25) is 0 Å². The van der Waals surface area contributed by atoms with Gasteiger partial charge in [0.1, 0.15) is 11.5 Å². The summed E-state index contributed by atoms with van der Waals surface area (Å²) in [7, 11) is 0. The van der Waals surface area contributed by atoms with Crippen LogP contribution in [0.2, 0.25) is 20.1 Å². The third kappa shape index (κ3) is 14.6. The number of halogens is 10. The number of piperidine rings is 2. The maximum absolute atomic E-state index is 12.9. The fourth-order valence-electron chi connectivity index (χ4n) is 9.05. The molecule has 0 radical (unpaired) electrons. The Kier molecular flexibility index (Phi) is 18.1. The first-order valence-electron chi connectivity index (χ1n) is 24.0. The summed E-state index contributed by atoms with van der Waals surface area (Å²) in [4.78, 5) is 47.6. The van der Waals surface area contributed by atoms with Gasteiger partial charge in [-0.3, -0.25) is 19.7 Å². The van der Waals surface area contributed by atoms with Crippen LogP contribution in [0.15, 0.2) is 122 Å². The van der Waals surface area contributed by atoms with Crippen LogP contribution in [0.1, 0.15) is 52.7 Å². The van der Waals surface area contributed by atoms with Crippen molar-refractivity contribution in [1.82, 2.24) is 30.0 Å². The van der Waals surface area contributed by atoms with Crippen molar-refractivity contribution < 1.29 is 59.7 Å². The lowest BCUT2D eigenvalue weighted by Gasteiger charge is -2.54. The summed E-state index contributed by atoms with van der Waals surface area (Å²) in [6, 6.07) is 26.8. The predicted molar refractivity (Wildman–Crippen MR) is 276 cm³/mol. The normalized spacial score (nSPS) is 16.6. The van der Waals surface area contributed by atoms with Crippen molar-refractivity contribution in [3.63, 3.8) is 0 Å². The zero-order chi connectivity index (χ0) is 55.0. The van der Waals surface area contributed by atoms with Crippen molar-refractivity contribution in [2.75, 3.05) is 52.4 Å². The Morgan fingerprint density at radius 1 is 0.584 bits per heavy atom. The molecule has 4 aliphatic heterocycles. The van der Waals surface area contributed by atoms with Gasteiger partial charge in [-0.2, -0.15) is 26.3 Å². The molecule has 77 heavy (non-hydrogen) atoms. The van der Waals surface area contributed by atoms with E-state index >= 15 is 0 Å². The van der Waals surface area contributed by atoms with Gasteiger partial charge in [-0.05, 0) is 96.7 Å². The second-order valence-corrected chi connectivity index (χ2v) is 20.4. The van der Waals surface area contributed by atoms with E-state index in [2.05, 4.69) is 20.2 Å². The highest BCUT2D eigenvalue weighted by Crippen LogP contribution is 2.45. The molecule has 2 spiro atoms. The number of aldehydes is 1. The van der Waals surface area contributed by atoms with Crippen LogP contribution < -0.4 is 24.3 Å². The summed E-state index contributed by atoms with van der Waals surface area (Å²) < 4.78 is 98.1. The second kappa shape index (κ2) is 24.5. The van der Waals surface area contributed by atoms with Crippen molar-refractivity contribution >= 4 is 64.9 Å². The molecule has 2 amide bonds. The molecule has 0 bridgehead atoms. The van der Waals surface area contributed by atoms with Crippen molar-refractivity contribution in [3.8, 4) is 34.5 Å². The number of alkyl halides is 6. The van der Waals surface area contributed by atoms with Crippen molar-refractivity contribution in [3.05, 3.63) is 164 Å². The number of carbonyl (C=O) groups is 3. The van der Waals surface area contributed by atoms with Gasteiger partial charge in [-0.25, -0.2) is 9.59 Å². The number of ether oxygens (including phenoxy) is 4. The lowest BCUT2D eigenvalue weighted by molar-refractivity contribution is -0.138. The molecular weight excluding hydrogens is 1100 g/mol. The average Bonchev–Trinajstić information content (AvgIpc) is 3.39. The molecule has 2 aromatic heterocycles. The maximum atomic E-state index is 12.9. The van der Waals surface area contributed by atoms with Gasteiger partial charge in [0.05, 0.1) is 43.6 Å². The summed E-state index contributed by atoms with van der Waals surface area (Å²) >= 11 is 25.0. The van der Waals surface area contributed by atoms with E-state index < -0.39 is 35.7 Å². The predicted octanol–water partition coefficient (Wildman–Crippen LogP) is 14.2. The number of hydrogen-bond acceptors (Lipinski definition) is 11. The fraction of sp³-hybridized carbons (Fsp3) is 0.315. The van der Waals surface area contributed by atoms with E-state index in [4.69, 9.17) is 65.4 Å². The molecule has 0 atom stereocenters. The third-order valence-corrected chi connectivity index (χ3v) is 14.8. The molecule has 0 saturated carbocycles. The molecule has 6 heterocycles. The molecule has 4 aliphatic rings. The maximum Gasteiger partial charge on any atom is 0.418 e. The average molecular weight is 1150 g/mol. The molecule has 10 rings (SSSR count). The molecule has 4 saturated heterocycles. The summed E-state index contributed by atoms with van der Waals surface area (Å²) in [6.07, 6.45) is -2.78. The topological polar surface area (TPSA) is 136 Å². The van der Waals surface area contributed by atoms with E-state index in [0.717, 1.165) is 82.0 Å². The lowest BCUT2D eigenvalue weighted by Crippen LogP contribution is -2.60. The highest BCUT2D eigenvalue weighted by molar-refractivity contribution is 6.39.